The molecule has 5 nitrogen and oxygen atoms in total. The van der Waals surface area contributed by atoms with Gasteiger partial charge in [-0.15, -0.1) is 0 Å². The molecule has 2 N–H and O–H groups in total. The summed E-state index contributed by atoms with van der Waals surface area (Å²) in [6.07, 6.45) is 2.42. The lowest BCUT2D eigenvalue weighted by molar-refractivity contribution is 0.353. The van der Waals surface area contributed by atoms with Crippen LogP contribution in [0, 0.1) is 5.82 Å². The van der Waals surface area contributed by atoms with Crippen molar-refractivity contribution in [2.75, 3.05) is 31.5 Å². The molecule has 1 aromatic carbocycles. The standard InChI is InChI=1S/C19H19ClFN3O2S/c20-13-4-3-5-14(21)18(13)15-10-12-16(25)11-17(27(26)19(12)23-15)22-6-9-24-7-1-2-8-24/h3-5,10-11,22-23H,1-2,6-9H2. The average Bonchev–Trinajstić information content (AvgIpc) is 3.29. The van der Waals surface area contributed by atoms with Crippen LogP contribution in [-0.2, 0) is 0 Å². The molecule has 1 aliphatic heterocycles. The number of benzene rings is 1. The summed E-state index contributed by atoms with van der Waals surface area (Å²) in [6, 6.07) is 7.25. The van der Waals surface area contributed by atoms with Crippen LogP contribution in [-0.4, -0.2) is 40.6 Å². The molecule has 1 aliphatic rings. The number of likely N-dealkylation sites (tertiary alicyclic amines) is 1. The lowest BCUT2D eigenvalue weighted by atomic mass is 10.1. The third-order valence-corrected chi connectivity index (χ3v) is 6.52. The molecule has 3 heterocycles. The first-order chi connectivity index (χ1) is 13.0. The van der Waals surface area contributed by atoms with Crippen LogP contribution in [0.3, 0.4) is 0 Å². The van der Waals surface area contributed by atoms with Crippen molar-refractivity contribution in [2.45, 2.75) is 12.8 Å². The van der Waals surface area contributed by atoms with Gasteiger partial charge in [0.2, 0.25) is 5.00 Å². The largest absolute Gasteiger partial charge is 0.587 e. The predicted molar refractivity (Wildman–Crippen MR) is 108 cm³/mol. The highest BCUT2D eigenvalue weighted by Crippen LogP contribution is 2.37. The van der Waals surface area contributed by atoms with E-state index in [1.54, 1.807) is 6.07 Å². The predicted octanol–water partition coefficient (Wildman–Crippen LogP) is 4.22. The molecule has 1 unspecified atom stereocenters. The summed E-state index contributed by atoms with van der Waals surface area (Å²) in [5.74, 6) is -0.503. The Morgan fingerprint density at radius 3 is 2.81 bits per heavy atom. The number of anilines is 1. The van der Waals surface area contributed by atoms with Gasteiger partial charge >= 0.3 is 0 Å². The molecule has 4 rings (SSSR count). The van der Waals surface area contributed by atoms with E-state index in [0.717, 1.165) is 19.6 Å². The first kappa shape index (κ1) is 18.4. The van der Waals surface area contributed by atoms with Crippen LogP contribution < -0.4 is 10.7 Å². The normalized spacial score (nSPS) is 15.6. The highest BCUT2D eigenvalue weighted by Gasteiger charge is 2.20. The second-order valence-electron chi connectivity index (χ2n) is 6.64. The highest BCUT2D eigenvalue weighted by molar-refractivity contribution is 7.34. The fourth-order valence-electron chi connectivity index (χ4n) is 3.47. The van der Waals surface area contributed by atoms with Gasteiger partial charge in [-0.25, -0.2) is 4.39 Å². The molecule has 0 saturated carbocycles. The summed E-state index contributed by atoms with van der Waals surface area (Å²) in [7, 11) is -1.55. The molecule has 1 fully saturated rings. The molecule has 142 valence electrons. The maximum absolute atomic E-state index is 14.2. The van der Waals surface area contributed by atoms with Gasteiger partial charge in [0.05, 0.1) is 22.3 Å². The molecule has 1 saturated heterocycles. The van der Waals surface area contributed by atoms with E-state index in [4.69, 9.17) is 11.6 Å². The van der Waals surface area contributed by atoms with Crippen molar-refractivity contribution in [3.05, 3.63) is 51.4 Å². The molecule has 2 aromatic heterocycles. The number of halogens is 2. The number of aromatic amines is 1. The monoisotopic (exact) mass is 407 g/mol. The Morgan fingerprint density at radius 2 is 2.07 bits per heavy atom. The number of hydrogen-bond acceptors (Lipinski definition) is 4. The summed E-state index contributed by atoms with van der Waals surface area (Å²) in [6.45, 7) is 3.62. The van der Waals surface area contributed by atoms with Crippen LogP contribution in [0.1, 0.15) is 12.8 Å². The smallest absolute Gasteiger partial charge is 0.257 e. The number of rotatable bonds is 5. The third-order valence-electron chi connectivity index (χ3n) is 4.85. The van der Waals surface area contributed by atoms with Gasteiger partial charge in [0.15, 0.2) is 5.43 Å². The van der Waals surface area contributed by atoms with Crippen LogP contribution in [0.2, 0.25) is 5.02 Å². The quantitative estimate of drug-likeness (QED) is 0.621. The van der Waals surface area contributed by atoms with Crippen molar-refractivity contribution >= 4 is 37.6 Å². The first-order valence-corrected chi connectivity index (χ1v) is 10.4. The van der Waals surface area contributed by atoms with Crippen molar-refractivity contribution < 1.29 is 8.94 Å². The first-order valence-electron chi connectivity index (χ1n) is 8.86. The number of fused-ring (bicyclic) bond motifs is 1. The van der Waals surface area contributed by atoms with E-state index in [9.17, 15) is 13.7 Å². The second kappa shape index (κ2) is 7.59. The Hall–Kier alpha value is -1.93. The zero-order valence-corrected chi connectivity index (χ0v) is 16.1. The number of aromatic nitrogens is 1. The van der Waals surface area contributed by atoms with Gasteiger partial charge in [-0.3, -0.25) is 4.79 Å². The molecule has 0 aliphatic carbocycles. The Morgan fingerprint density at radius 1 is 1.30 bits per heavy atom. The molecule has 0 spiro atoms. The minimum Gasteiger partial charge on any atom is -0.587 e. The molecular formula is C19H19ClFN3O2S. The van der Waals surface area contributed by atoms with Gasteiger partial charge in [-0.05, 0) is 54.9 Å². The van der Waals surface area contributed by atoms with Crippen LogP contribution in [0.15, 0.2) is 35.1 Å². The van der Waals surface area contributed by atoms with E-state index in [1.165, 1.54) is 37.1 Å². The van der Waals surface area contributed by atoms with Gasteiger partial charge in [-0.2, -0.15) is 0 Å². The summed E-state index contributed by atoms with van der Waals surface area (Å²) >= 11 is 6.11. The van der Waals surface area contributed by atoms with Crippen LogP contribution in [0.5, 0.6) is 0 Å². The molecule has 0 radical (unpaired) electrons. The molecule has 1 atom stereocenters. The maximum Gasteiger partial charge on any atom is 0.257 e. The fraction of sp³-hybridized carbons (Fsp3) is 0.316. The summed E-state index contributed by atoms with van der Waals surface area (Å²) in [5.41, 5.74) is 0.252. The Bertz CT molecular complexity index is 1020. The third kappa shape index (κ3) is 3.60. The maximum atomic E-state index is 14.2. The zero-order chi connectivity index (χ0) is 19.0. The molecular weight excluding hydrogens is 389 g/mol. The molecule has 8 heteroatoms. The van der Waals surface area contributed by atoms with Gasteiger partial charge in [0.25, 0.3) is 4.83 Å². The highest BCUT2D eigenvalue weighted by atomic mass is 35.5. The number of H-pyrrole nitrogens is 1. The Balaban J connectivity index is 1.66. The molecule has 27 heavy (non-hydrogen) atoms. The van der Waals surface area contributed by atoms with E-state index >= 15 is 0 Å². The zero-order valence-electron chi connectivity index (χ0n) is 14.6. The van der Waals surface area contributed by atoms with Gasteiger partial charge < -0.3 is 19.8 Å². The SMILES string of the molecule is O=c1cc(NCCN2CCCC2)[s+]([O-])c2[nH]c(-c3c(F)cccc3Cl)cc12. The minimum absolute atomic E-state index is 0.168. The van der Waals surface area contributed by atoms with Crippen molar-refractivity contribution in [1.29, 1.82) is 0 Å². The fourth-order valence-corrected chi connectivity index (χ4v) is 4.97. The average molecular weight is 408 g/mol. The lowest BCUT2D eigenvalue weighted by Gasteiger charge is -2.14. The topological polar surface area (TPSA) is 71.2 Å². The van der Waals surface area contributed by atoms with E-state index in [1.807, 2.05) is 0 Å². The van der Waals surface area contributed by atoms with Crippen molar-refractivity contribution in [3.63, 3.8) is 0 Å². The molecule has 0 amide bonds. The van der Waals surface area contributed by atoms with Gasteiger partial charge in [0.1, 0.15) is 11.2 Å². The van der Waals surface area contributed by atoms with Crippen LogP contribution in [0.25, 0.3) is 21.5 Å². The number of hydrogen-bond donors (Lipinski definition) is 2. The summed E-state index contributed by atoms with van der Waals surface area (Å²) in [5, 5.41) is 4.01. The van der Waals surface area contributed by atoms with Crippen molar-refractivity contribution in [3.8, 4) is 11.3 Å². The van der Waals surface area contributed by atoms with Crippen LogP contribution >= 0.6 is 22.4 Å². The summed E-state index contributed by atoms with van der Waals surface area (Å²) < 4.78 is 27.1. The Kier molecular flexibility index (Phi) is 5.19. The van der Waals surface area contributed by atoms with Crippen molar-refractivity contribution in [1.82, 2.24) is 9.88 Å². The van der Waals surface area contributed by atoms with E-state index < -0.39 is 16.6 Å². The van der Waals surface area contributed by atoms with E-state index in [0.29, 0.717) is 17.2 Å². The van der Waals surface area contributed by atoms with Crippen molar-refractivity contribution in [2.24, 2.45) is 0 Å². The lowest BCUT2D eigenvalue weighted by Crippen LogP contribution is -2.26. The minimum atomic E-state index is -1.55. The summed E-state index contributed by atoms with van der Waals surface area (Å²) in [4.78, 5) is 18.0. The van der Waals surface area contributed by atoms with Crippen LogP contribution in [0.4, 0.5) is 9.39 Å². The Labute approximate surface area is 163 Å². The van der Waals surface area contributed by atoms with E-state index in [-0.39, 0.29) is 26.2 Å². The van der Waals surface area contributed by atoms with E-state index in [2.05, 4.69) is 15.2 Å². The molecule has 3 aromatic rings. The molecule has 0 bridgehead atoms. The number of nitrogens with zero attached hydrogens (tertiary/aromatic N) is 1. The van der Waals surface area contributed by atoms with Gasteiger partial charge in [-0.1, -0.05) is 17.7 Å². The number of nitrogens with one attached hydrogen (secondary N) is 2. The second-order valence-corrected chi connectivity index (χ2v) is 8.43. The van der Waals surface area contributed by atoms with Gasteiger partial charge in [0, 0.05) is 13.1 Å².